The van der Waals surface area contributed by atoms with E-state index in [-0.39, 0.29) is 5.56 Å². The van der Waals surface area contributed by atoms with Gasteiger partial charge in [0.2, 0.25) is 0 Å². The second-order valence-corrected chi connectivity index (χ2v) is 7.78. The van der Waals surface area contributed by atoms with E-state index in [4.69, 9.17) is 5.11 Å². The Hall–Kier alpha value is -1.81. The highest BCUT2D eigenvalue weighted by Crippen LogP contribution is 2.24. The van der Waals surface area contributed by atoms with Crippen LogP contribution in [0.1, 0.15) is 77.6 Å². The number of carboxylic acid groups (broad SMARTS) is 1. The Morgan fingerprint density at radius 3 is 2.14 bits per heavy atom. The van der Waals surface area contributed by atoms with Crippen LogP contribution in [0.15, 0.2) is 58.0 Å². The first-order valence-electron chi connectivity index (χ1n) is 9.90. The molecular formula is C24H35FO2S. The normalized spacial score (nSPS) is 11.5. The number of allylic oxidation sites excluding steroid dienone is 5. The van der Waals surface area contributed by atoms with Crippen LogP contribution in [-0.4, -0.2) is 16.8 Å². The summed E-state index contributed by atoms with van der Waals surface area (Å²) < 4.78 is 13.2. The molecule has 2 nitrogen and oxygen atoms in total. The zero-order valence-electron chi connectivity index (χ0n) is 18.1. The quantitative estimate of drug-likeness (QED) is 0.315. The zero-order chi connectivity index (χ0) is 21.5. The SMILES string of the molecule is CC.CC(C)=CCC/C(C)=C/CC/C(C)=C/CSc1ccc(F)cc1C(=O)O. The van der Waals surface area contributed by atoms with E-state index in [1.54, 1.807) is 0 Å². The molecule has 0 amide bonds. The molecule has 0 unspecified atom stereocenters. The number of hydrogen-bond donors (Lipinski definition) is 1. The summed E-state index contributed by atoms with van der Waals surface area (Å²) in [5.41, 5.74) is 4.09. The maximum Gasteiger partial charge on any atom is 0.336 e. The van der Waals surface area contributed by atoms with Gasteiger partial charge in [0.05, 0.1) is 5.56 Å². The van der Waals surface area contributed by atoms with Gasteiger partial charge >= 0.3 is 5.97 Å². The highest BCUT2D eigenvalue weighted by Gasteiger charge is 2.11. The number of rotatable bonds is 10. The largest absolute Gasteiger partial charge is 0.478 e. The van der Waals surface area contributed by atoms with Gasteiger partial charge < -0.3 is 5.11 Å². The fourth-order valence-corrected chi connectivity index (χ4v) is 3.42. The van der Waals surface area contributed by atoms with Crippen molar-refractivity contribution < 1.29 is 14.3 Å². The minimum absolute atomic E-state index is 0.0241. The molecule has 1 aromatic rings. The Labute approximate surface area is 174 Å². The van der Waals surface area contributed by atoms with Crippen molar-refractivity contribution in [3.8, 4) is 0 Å². The average Bonchev–Trinajstić information content (AvgIpc) is 2.64. The molecule has 156 valence electrons. The number of thioether (sulfide) groups is 1. The first-order valence-corrected chi connectivity index (χ1v) is 10.9. The summed E-state index contributed by atoms with van der Waals surface area (Å²) >= 11 is 1.42. The lowest BCUT2D eigenvalue weighted by molar-refractivity contribution is 0.0692. The molecule has 0 spiro atoms. The first-order chi connectivity index (χ1) is 13.3. The molecule has 0 aliphatic heterocycles. The van der Waals surface area contributed by atoms with Gasteiger partial charge in [-0.3, -0.25) is 0 Å². The number of aromatic carboxylic acids is 1. The standard InChI is InChI=1S/C22H29FO2S.C2H6/c1-16(2)7-5-8-17(3)9-6-10-18(4)13-14-26-21-12-11-19(23)15-20(21)22(24)25;1-2/h7,9,11-13,15H,5-6,8,10,14H2,1-4H3,(H,24,25);1-2H3/b17-9+,18-13+;. The second kappa shape index (κ2) is 15.2. The van der Waals surface area contributed by atoms with Crippen LogP contribution >= 0.6 is 11.8 Å². The topological polar surface area (TPSA) is 37.3 Å². The molecule has 0 fully saturated rings. The van der Waals surface area contributed by atoms with Crippen molar-refractivity contribution in [1.82, 2.24) is 0 Å². The monoisotopic (exact) mass is 406 g/mol. The van der Waals surface area contributed by atoms with E-state index in [9.17, 15) is 9.18 Å². The summed E-state index contributed by atoms with van der Waals surface area (Å²) in [6, 6.07) is 3.91. The molecule has 0 heterocycles. The number of carbonyl (C=O) groups is 1. The van der Waals surface area contributed by atoms with Crippen LogP contribution in [0.5, 0.6) is 0 Å². The van der Waals surface area contributed by atoms with Gasteiger partial charge in [0.15, 0.2) is 0 Å². The molecule has 0 radical (unpaired) electrons. The van der Waals surface area contributed by atoms with Crippen LogP contribution in [0.3, 0.4) is 0 Å². The predicted molar refractivity (Wildman–Crippen MR) is 121 cm³/mol. The summed E-state index contributed by atoms with van der Waals surface area (Å²) in [7, 11) is 0. The van der Waals surface area contributed by atoms with E-state index in [1.165, 1.54) is 40.6 Å². The van der Waals surface area contributed by atoms with E-state index in [2.05, 4.69) is 45.9 Å². The van der Waals surface area contributed by atoms with Gasteiger partial charge in [-0.2, -0.15) is 0 Å². The van der Waals surface area contributed by atoms with Crippen molar-refractivity contribution in [3.05, 3.63) is 64.5 Å². The van der Waals surface area contributed by atoms with Gasteiger partial charge in [0.25, 0.3) is 0 Å². The second-order valence-electron chi connectivity index (χ2n) is 6.72. The van der Waals surface area contributed by atoms with Crippen molar-refractivity contribution >= 4 is 17.7 Å². The summed E-state index contributed by atoms with van der Waals surface area (Å²) in [6.45, 7) is 12.5. The Morgan fingerprint density at radius 1 is 1.00 bits per heavy atom. The molecule has 0 aliphatic carbocycles. The molecule has 4 heteroatoms. The summed E-state index contributed by atoms with van der Waals surface area (Å²) in [5.74, 6) is -0.937. The van der Waals surface area contributed by atoms with Gasteiger partial charge in [-0.15, -0.1) is 11.8 Å². The third-order valence-corrected chi connectivity index (χ3v) is 4.97. The van der Waals surface area contributed by atoms with Gasteiger partial charge in [-0.1, -0.05) is 48.8 Å². The van der Waals surface area contributed by atoms with E-state index >= 15 is 0 Å². The molecular weight excluding hydrogens is 371 g/mol. The molecule has 0 saturated carbocycles. The van der Waals surface area contributed by atoms with E-state index in [0.717, 1.165) is 31.7 Å². The molecule has 0 aromatic heterocycles. The van der Waals surface area contributed by atoms with E-state index in [0.29, 0.717) is 10.6 Å². The van der Waals surface area contributed by atoms with Crippen molar-refractivity contribution in [2.75, 3.05) is 5.75 Å². The van der Waals surface area contributed by atoms with Crippen LogP contribution in [0, 0.1) is 5.82 Å². The van der Waals surface area contributed by atoms with Gasteiger partial charge in [-0.05, 0) is 71.6 Å². The maximum absolute atomic E-state index is 13.2. The smallest absolute Gasteiger partial charge is 0.336 e. The van der Waals surface area contributed by atoms with E-state index in [1.807, 2.05) is 13.8 Å². The highest BCUT2D eigenvalue weighted by molar-refractivity contribution is 7.99. The van der Waals surface area contributed by atoms with Crippen LogP contribution in [0.25, 0.3) is 0 Å². The van der Waals surface area contributed by atoms with Crippen molar-refractivity contribution in [2.24, 2.45) is 0 Å². The molecule has 0 bridgehead atoms. The van der Waals surface area contributed by atoms with E-state index < -0.39 is 11.8 Å². The molecule has 1 aromatic carbocycles. The molecule has 1 rings (SSSR count). The summed E-state index contributed by atoms with van der Waals surface area (Å²) in [4.78, 5) is 11.8. The van der Waals surface area contributed by atoms with Gasteiger partial charge in [0, 0.05) is 10.6 Å². The van der Waals surface area contributed by atoms with Gasteiger partial charge in [0.1, 0.15) is 5.82 Å². The van der Waals surface area contributed by atoms with Gasteiger partial charge in [-0.25, -0.2) is 9.18 Å². The lowest BCUT2D eigenvalue weighted by Gasteiger charge is -2.05. The minimum Gasteiger partial charge on any atom is -0.478 e. The number of benzene rings is 1. The van der Waals surface area contributed by atoms with Crippen LogP contribution < -0.4 is 0 Å². The number of carboxylic acids is 1. The van der Waals surface area contributed by atoms with Crippen molar-refractivity contribution in [1.29, 1.82) is 0 Å². The first kappa shape index (κ1) is 26.2. The van der Waals surface area contributed by atoms with Crippen molar-refractivity contribution in [3.63, 3.8) is 0 Å². The Kier molecular flexibility index (Phi) is 14.2. The summed E-state index contributed by atoms with van der Waals surface area (Å²) in [6.07, 6.45) is 10.9. The fourth-order valence-electron chi connectivity index (χ4n) is 2.41. The third-order valence-electron chi connectivity index (χ3n) is 3.97. The average molecular weight is 407 g/mol. The predicted octanol–water partition coefficient (Wildman–Crippen LogP) is 8.06. The van der Waals surface area contributed by atoms with Crippen LogP contribution in [0.2, 0.25) is 0 Å². The fraction of sp³-hybridized carbons (Fsp3) is 0.458. The highest BCUT2D eigenvalue weighted by atomic mass is 32.2. The summed E-state index contributed by atoms with van der Waals surface area (Å²) in [5, 5.41) is 9.15. The molecule has 28 heavy (non-hydrogen) atoms. The lowest BCUT2D eigenvalue weighted by Crippen LogP contribution is -1.99. The molecule has 0 atom stereocenters. The maximum atomic E-state index is 13.2. The van der Waals surface area contributed by atoms with Crippen LogP contribution in [0.4, 0.5) is 4.39 Å². The molecule has 0 saturated heterocycles. The number of halogens is 1. The zero-order valence-corrected chi connectivity index (χ0v) is 19.0. The molecule has 1 N–H and O–H groups in total. The Bertz CT molecular complexity index is 699. The van der Waals surface area contributed by atoms with Crippen LogP contribution in [-0.2, 0) is 0 Å². The minimum atomic E-state index is -1.10. The lowest BCUT2D eigenvalue weighted by atomic mass is 10.1. The van der Waals surface area contributed by atoms with Crippen molar-refractivity contribution in [2.45, 2.75) is 72.1 Å². The Balaban J connectivity index is 0.00000352. The number of hydrogen-bond acceptors (Lipinski definition) is 2. The Morgan fingerprint density at radius 2 is 1.57 bits per heavy atom. The molecule has 0 aliphatic rings. The third kappa shape index (κ3) is 11.8.